The molecule has 7 fully saturated rings. The molecular formula is C35H45F4N5O3. The molecule has 0 spiro atoms. The number of hydrogen-bond acceptors (Lipinski definition) is 5. The Labute approximate surface area is 271 Å². The van der Waals surface area contributed by atoms with Crippen molar-refractivity contribution in [3.63, 3.8) is 0 Å². The summed E-state index contributed by atoms with van der Waals surface area (Å²) in [4.78, 5) is 40.8. The van der Waals surface area contributed by atoms with Gasteiger partial charge < -0.3 is 20.3 Å². The molecule has 0 radical (unpaired) electrons. The standard InChI is InChI=1S/C35H45F4N5O3/c36-30(37)35(47)14-15-44(25(45)4-2-1-3-11-32-17-33(38,18-32)19-32)24(16-35)22-9-10-23-28(40-22)43-29(41-23)27(42-31(46)34(39)12-13-34)26(20-5-6-20)21-7-8-21/h9-10,20-21,24,26-27,30,47H,1-8,11-19H2,(H,42,46)(H,40,41,43)/t24-,27-,32?,33?,35+/m0/s1. The number of hydrogen-bond donors (Lipinski definition) is 3. The molecule has 3 N–H and O–H groups in total. The molecule has 12 heteroatoms. The fraction of sp³-hybridized carbons (Fsp3) is 0.771. The number of halogens is 4. The van der Waals surface area contributed by atoms with E-state index in [0.717, 1.165) is 44.9 Å². The maximum atomic E-state index is 14.8. The summed E-state index contributed by atoms with van der Waals surface area (Å²) < 4.78 is 56.7. The van der Waals surface area contributed by atoms with Gasteiger partial charge in [0, 0.05) is 19.4 Å². The summed E-state index contributed by atoms with van der Waals surface area (Å²) in [6.07, 6.45) is 6.86. The highest BCUT2D eigenvalue weighted by atomic mass is 19.3. The second-order valence-electron chi connectivity index (χ2n) is 16.1. The van der Waals surface area contributed by atoms with Crippen LogP contribution in [0, 0.1) is 23.2 Å². The zero-order valence-electron chi connectivity index (χ0n) is 26.8. The second kappa shape index (κ2) is 11.1. The Morgan fingerprint density at radius 1 is 1.00 bits per heavy atom. The zero-order chi connectivity index (χ0) is 32.8. The SMILES string of the molecule is O=C(CCCCCC12CC(F)(C1)C2)N1CC[C@](O)(C(F)F)C[C@H]1c1ccc2[nH]c([C@@H](NC(=O)C3(F)CC3)C(C3CC3)C3CC3)nc2n1. The average molecular weight is 660 g/mol. The van der Waals surface area contributed by atoms with Gasteiger partial charge in [0.15, 0.2) is 11.3 Å². The third-order valence-electron chi connectivity index (χ3n) is 12.2. The van der Waals surface area contributed by atoms with Gasteiger partial charge in [0.2, 0.25) is 5.91 Å². The Morgan fingerprint density at radius 3 is 2.32 bits per heavy atom. The van der Waals surface area contributed by atoms with Gasteiger partial charge in [-0.3, -0.25) is 9.59 Å². The third kappa shape index (κ3) is 5.94. The van der Waals surface area contributed by atoms with E-state index in [2.05, 4.69) is 10.3 Å². The van der Waals surface area contributed by atoms with Gasteiger partial charge in [-0.1, -0.05) is 12.8 Å². The third-order valence-corrected chi connectivity index (χ3v) is 12.2. The van der Waals surface area contributed by atoms with Crippen LogP contribution in [0.2, 0.25) is 0 Å². The molecule has 47 heavy (non-hydrogen) atoms. The molecule has 2 aromatic heterocycles. The highest BCUT2D eigenvalue weighted by molar-refractivity contribution is 5.88. The van der Waals surface area contributed by atoms with E-state index < -0.39 is 41.4 Å². The van der Waals surface area contributed by atoms with Crippen molar-refractivity contribution >= 4 is 23.0 Å². The Bertz CT molecular complexity index is 1520. The number of carbonyl (C=O) groups excluding carboxylic acids is 2. The minimum absolute atomic E-state index is 0.0128. The van der Waals surface area contributed by atoms with Crippen molar-refractivity contribution < 1.29 is 32.3 Å². The van der Waals surface area contributed by atoms with Crippen LogP contribution in [0.25, 0.3) is 11.2 Å². The monoisotopic (exact) mass is 659 g/mol. The van der Waals surface area contributed by atoms with Gasteiger partial charge in [-0.25, -0.2) is 27.5 Å². The van der Waals surface area contributed by atoms with Crippen LogP contribution in [0.15, 0.2) is 12.1 Å². The minimum Gasteiger partial charge on any atom is -0.384 e. The average Bonchev–Trinajstić information content (AvgIpc) is 3.90. The number of aromatic nitrogens is 3. The fourth-order valence-corrected chi connectivity index (χ4v) is 9.11. The van der Waals surface area contributed by atoms with Gasteiger partial charge in [0.1, 0.15) is 17.1 Å². The lowest BCUT2D eigenvalue weighted by atomic mass is 9.41. The first-order valence-corrected chi connectivity index (χ1v) is 17.7. The molecule has 6 saturated carbocycles. The quantitative estimate of drug-likeness (QED) is 0.157. The number of alkyl halides is 4. The van der Waals surface area contributed by atoms with Gasteiger partial charge >= 0.3 is 0 Å². The van der Waals surface area contributed by atoms with Crippen molar-refractivity contribution in [2.45, 2.75) is 138 Å². The highest BCUT2D eigenvalue weighted by Gasteiger charge is 2.68. The molecule has 2 amide bonds. The van der Waals surface area contributed by atoms with Crippen LogP contribution >= 0.6 is 0 Å². The lowest BCUT2D eigenvalue weighted by molar-refractivity contribution is -0.217. The predicted octanol–water partition coefficient (Wildman–Crippen LogP) is 6.56. The van der Waals surface area contributed by atoms with E-state index in [1.165, 1.54) is 0 Å². The maximum Gasteiger partial charge on any atom is 0.266 e. The zero-order valence-corrected chi connectivity index (χ0v) is 26.8. The van der Waals surface area contributed by atoms with Crippen molar-refractivity contribution in [1.82, 2.24) is 25.2 Å². The first kappa shape index (κ1) is 31.5. The maximum absolute atomic E-state index is 14.8. The number of piperidine rings is 1. The van der Waals surface area contributed by atoms with Crippen molar-refractivity contribution in [3.05, 3.63) is 23.7 Å². The molecule has 2 bridgehead atoms. The van der Waals surface area contributed by atoms with E-state index in [0.29, 0.717) is 60.2 Å². The van der Waals surface area contributed by atoms with Crippen molar-refractivity contribution in [1.29, 1.82) is 0 Å². The van der Waals surface area contributed by atoms with Crippen LogP contribution < -0.4 is 5.32 Å². The topological polar surface area (TPSA) is 111 Å². The van der Waals surface area contributed by atoms with Crippen LogP contribution in [0.1, 0.15) is 126 Å². The van der Waals surface area contributed by atoms with Gasteiger partial charge in [-0.2, -0.15) is 0 Å². The number of pyridine rings is 1. The second-order valence-corrected chi connectivity index (χ2v) is 16.1. The number of imidazole rings is 1. The molecule has 7 aliphatic rings. The Kier molecular flexibility index (Phi) is 7.46. The molecule has 0 aromatic carbocycles. The van der Waals surface area contributed by atoms with Gasteiger partial charge in [0.25, 0.3) is 12.3 Å². The molecule has 9 rings (SSSR count). The van der Waals surface area contributed by atoms with Gasteiger partial charge in [-0.05, 0) is 112 Å². The Balaban J connectivity index is 0.999. The summed E-state index contributed by atoms with van der Waals surface area (Å²) in [6, 6.07) is 2.09. The van der Waals surface area contributed by atoms with Crippen LogP contribution in [0.3, 0.4) is 0 Å². The Hall–Kier alpha value is -2.76. The number of amides is 2. The molecule has 6 aliphatic carbocycles. The molecular weight excluding hydrogens is 614 g/mol. The highest BCUT2D eigenvalue weighted by Crippen LogP contribution is 2.71. The number of nitrogens with one attached hydrogen (secondary N) is 2. The molecule has 2 aromatic rings. The van der Waals surface area contributed by atoms with Crippen LogP contribution in [-0.4, -0.2) is 66.7 Å². The number of fused-ring (bicyclic) bond motifs is 1. The number of carbonyl (C=O) groups is 2. The number of aliphatic hydroxyl groups is 1. The smallest absolute Gasteiger partial charge is 0.266 e. The summed E-state index contributed by atoms with van der Waals surface area (Å²) in [7, 11) is 0. The van der Waals surface area contributed by atoms with Crippen LogP contribution in [-0.2, 0) is 9.59 Å². The van der Waals surface area contributed by atoms with Crippen LogP contribution in [0.5, 0.6) is 0 Å². The predicted molar refractivity (Wildman–Crippen MR) is 165 cm³/mol. The Morgan fingerprint density at radius 2 is 1.70 bits per heavy atom. The number of unbranched alkanes of at least 4 members (excludes halogenated alkanes) is 2. The number of nitrogens with zero attached hydrogens (tertiary/aromatic N) is 3. The summed E-state index contributed by atoms with van der Waals surface area (Å²) in [5, 5.41) is 13.8. The van der Waals surface area contributed by atoms with E-state index in [-0.39, 0.29) is 55.9 Å². The van der Waals surface area contributed by atoms with Crippen LogP contribution in [0.4, 0.5) is 17.6 Å². The molecule has 1 aliphatic heterocycles. The molecule has 3 heterocycles. The van der Waals surface area contributed by atoms with Crippen molar-refractivity contribution in [2.24, 2.45) is 23.2 Å². The van der Waals surface area contributed by atoms with E-state index in [1.54, 1.807) is 17.0 Å². The van der Waals surface area contributed by atoms with E-state index in [4.69, 9.17) is 9.97 Å². The van der Waals surface area contributed by atoms with Crippen molar-refractivity contribution in [3.8, 4) is 0 Å². The van der Waals surface area contributed by atoms with E-state index in [1.807, 2.05) is 0 Å². The summed E-state index contributed by atoms with van der Waals surface area (Å²) >= 11 is 0. The molecule has 8 nitrogen and oxygen atoms in total. The molecule has 1 saturated heterocycles. The number of aromatic amines is 1. The normalized spacial score (nSPS) is 33.1. The number of H-pyrrole nitrogens is 1. The van der Waals surface area contributed by atoms with Crippen molar-refractivity contribution in [2.75, 3.05) is 6.54 Å². The molecule has 256 valence electrons. The summed E-state index contributed by atoms with van der Waals surface area (Å²) in [5.74, 6) is 0.778. The summed E-state index contributed by atoms with van der Waals surface area (Å²) in [5.41, 5.74) is -3.50. The largest absolute Gasteiger partial charge is 0.384 e. The number of likely N-dealkylation sites (tertiary alicyclic amines) is 1. The summed E-state index contributed by atoms with van der Waals surface area (Å²) in [6.45, 7) is -0.0128. The van der Waals surface area contributed by atoms with Gasteiger partial charge in [0.05, 0.1) is 23.3 Å². The van der Waals surface area contributed by atoms with Gasteiger partial charge in [-0.15, -0.1) is 0 Å². The number of rotatable bonds is 14. The fourth-order valence-electron chi connectivity index (χ4n) is 9.11. The lowest BCUT2D eigenvalue weighted by Crippen LogP contribution is -2.64. The molecule has 3 atom stereocenters. The lowest BCUT2D eigenvalue weighted by Gasteiger charge is -2.66. The first-order valence-electron chi connectivity index (χ1n) is 17.7. The molecule has 0 unspecified atom stereocenters. The minimum atomic E-state index is -2.97. The first-order chi connectivity index (χ1) is 22.4. The van der Waals surface area contributed by atoms with E-state index >= 15 is 0 Å². The van der Waals surface area contributed by atoms with E-state index in [9.17, 15) is 32.3 Å².